The molecule has 0 aromatic rings. The van der Waals surface area contributed by atoms with Crippen LogP contribution in [0, 0.1) is 17.2 Å². The Hall–Kier alpha value is -0.630. The zero-order valence-corrected chi connectivity index (χ0v) is 12.3. The second-order valence-electron chi connectivity index (χ2n) is 5.97. The molecule has 1 N–H and O–H groups in total. The smallest absolute Gasteiger partial charge is 0.109 e. The van der Waals surface area contributed by atoms with Crippen LogP contribution in [0.4, 0.5) is 0 Å². The van der Waals surface area contributed by atoms with Crippen LogP contribution in [0.1, 0.15) is 38.5 Å². The maximum atomic E-state index is 9.47. The molecule has 19 heavy (non-hydrogen) atoms. The van der Waals surface area contributed by atoms with Crippen LogP contribution in [0.2, 0.25) is 0 Å². The van der Waals surface area contributed by atoms with Crippen molar-refractivity contribution in [1.82, 2.24) is 10.2 Å². The molecule has 2 unspecified atom stereocenters. The summed E-state index contributed by atoms with van der Waals surface area (Å²) in [4.78, 5) is 2.56. The topological polar surface area (TPSA) is 48.3 Å². The van der Waals surface area contributed by atoms with Gasteiger partial charge < -0.3 is 10.1 Å². The summed E-state index contributed by atoms with van der Waals surface area (Å²) in [6.45, 7) is 2.97. The molecule has 4 heteroatoms. The van der Waals surface area contributed by atoms with Crippen LogP contribution < -0.4 is 5.32 Å². The average Bonchev–Trinajstić information content (AvgIpc) is 3.19. The van der Waals surface area contributed by atoms with Crippen molar-refractivity contribution in [2.45, 2.75) is 50.1 Å². The Bertz CT molecular complexity index is 324. The predicted octanol–water partition coefficient (Wildman–Crippen LogP) is 1.77. The second-order valence-corrected chi connectivity index (χ2v) is 5.97. The summed E-state index contributed by atoms with van der Waals surface area (Å²) in [6.07, 6.45) is 7.19. The molecule has 0 bridgehead atoms. The van der Waals surface area contributed by atoms with Crippen molar-refractivity contribution in [2.75, 3.05) is 33.9 Å². The molecular formula is C15H27N3O. The molecule has 0 aliphatic heterocycles. The zero-order valence-electron chi connectivity index (χ0n) is 12.3. The van der Waals surface area contributed by atoms with Gasteiger partial charge in [0.25, 0.3) is 0 Å². The van der Waals surface area contributed by atoms with Crippen molar-refractivity contribution in [3.05, 3.63) is 0 Å². The largest absolute Gasteiger partial charge is 0.383 e. The van der Waals surface area contributed by atoms with E-state index in [1.54, 1.807) is 7.11 Å². The first-order valence-corrected chi connectivity index (χ1v) is 7.59. The number of nitrogens with zero attached hydrogens (tertiary/aromatic N) is 2. The van der Waals surface area contributed by atoms with E-state index in [0.29, 0.717) is 5.92 Å². The highest BCUT2D eigenvalue weighted by atomic mass is 16.5. The highest BCUT2D eigenvalue weighted by Gasteiger charge is 2.42. The Morgan fingerprint density at radius 3 is 2.74 bits per heavy atom. The summed E-state index contributed by atoms with van der Waals surface area (Å²) in [6, 6.07) is 3.31. The number of nitriles is 1. The Balaban J connectivity index is 1.84. The zero-order chi connectivity index (χ0) is 13.7. The Morgan fingerprint density at radius 2 is 2.16 bits per heavy atom. The molecule has 0 amide bonds. The number of hydrogen-bond acceptors (Lipinski definition) is 4. The van der Waals surface area contributed by atoms with Gasteiger partial charge in [-0.25, -0.2) is 0 Å². The van der Waals surface area contributed by atoms with E-state index in [0.717, 1.165) is 38.6 Å². The molecule has 0 spiro atoms. The molecule has 0 saturated heterocycles. The summed E-state index contributed by atoms with van der Waals surface area (Å²) in [7, 11) is 3.70. The normalized spacial score (nSPS) is 30.7. The highest BCUT2D eigenvalue weighted by molar-refractivity contribution is 5.13. The number of nitrogens with one attached hydrogen (secondary N) is 1. The molecule has 0 heterocycles. The maximum Gasteiger partial charge on any atom is 0.109 e. The second kappa shape index (κ2) is 6.69. The standard InChI is InChI=1S/C15H27N3O/c1-17-15(12-16)8-3-4-13(15)7-9-18(10-11-19-2)14-5-6-14/h13-14,17H,3-11H2,1-2H3. The van der Waals surface area contributed by atoms with Gasteiger partial charge in [0.05, 0.1) is 12.7 Å². The van der Waals surface area contributed by atoms with Gasteiger partial charge in [-0.1, -0.05) is 6.42 Å². The van der Waals surface area contributed by atoms with Crippen LogP contribution in [0.3, 0.4) is 0 Å². The van der Waals surface area contributed by atoms with Gasteiger partial charge in [0.1, 0.15) is 5.54 Å². The predicted molar refractivity (Wildman–Crippen MR) is 75.8 cm³/mol. The first-order valence-electron chi connectivity index (χ1n) is 7.59. The van der Waals surface area contributed by atoms with E-state index in [2.05, 4.69) is 16.3 Å². The number of rotatable bonds is 8. The number of ether oxygens (including phenoxy) is 1. The Kier molecular flexibility index (Phi) is 5.20. The van der Waals surface area contributed by atoms with Crippen molar-refractivity contribution in [3.63, 3.8) is 0 Å². The lowest BCUT2D eigenvalue weighted by Crippen LogP contribution is -2.46. The molecule has 0 aromatic heterocycles. The van der Waals surface area contributed by atoms with Gasteiger partial charge in [-0.2, -0.15) is 5.26 Å². The molecule has 2 fully saturated rings. The third kappa shape index (κ3) is 3.47. The third-order valence-corrected chi connectivity index (χ3v) is 4.88. The van der Waals surface area contributed by atoms with Gasteiger partial charge in [0.15, 0.2) is 0 Å². The van der Waals surface area contributed by atoms with Crippen LogP contribution in [0.25, 0.3) is 0 Å². The van der Waals surface area contributed by atoms with Crippen molar-refractivity contribution < 1.29 is 4.74 Å². The molecule has 108 valence electrons. The van der Waals surface area contributed by atoms with Gasteiger partial charge in [-0.15, -0.1) is 0 Å². The highest BCUT2D eigenvalue weighted by Crippen LogP contribution is 2.38. The first kappa shape index (κ1) is 14.8. The fourth-order valence-corrected chi connectivity index (χ4v) is 3.45. The molecule has 2 rings (SSSR count). The van der Waals surface area contributed by atoms with Gasteiger partial charge in [-0.05, 0) is 51.6 Å². The van der Waals surface area contributed by atoms with Gasteiger partial charge in [0.2, 0.25) is 0 Å². The van der Waals surface area contributed by atoms with Crippen molar-refractivity contribution in [2.24, 2.45) is 5.92 Å². The van der Waals surface area contributed by atoms with E-state index in [1.807, 2.05) is 7.05 Å². The fourth-order valence-electron chi connectivity index (χ4n) is 3.45. The van der Waals surface area contributed by atoms with E-state index in [4.69, 9.17) is 4.74 Å². The number of hydrogen-bond donors (Lipinski definition) is 1. The summed E-state index contributed by atoms with van der Waals surface area (Å²) in [5, 5.41) is 12.8. The molecule has 0 aromatic carbocycles. The monoisotopic (exact) mass is 265 g/mol. The molecule has 2 atom stereocenters. The quantitative estimate of drug-likeness (QED) is 0.726. The van der Waals surface area contributed by atoms with Crippen molar-refractivity contribution in [3.8, 4) is 6.07 Å². The van der Waals surface area contributed by atoms with Crippen LogP contribution in [-0.4, -0.2) is 50.3 Å². The van der Waals surface area contributed by atoms with Gasteiger partial charge in [0, 0.05) is 19.7 Å². The Labute approximate surface area is 117 Å². The van der Waals surface area contributed by atoms with E-state index >= 15 is 0 Å². The van der Waals surface area contributed by atoms with Crippen LogP contribution >= 0.6 is 0 Å². The summed E-state index contributed by atoms with van der Waals surface area (Å²) >= 11 is 0. The Morgan fingerprint density at radius 1 is 1.37 bits per heavy atom. The minimum atomic E-state index is -0.267. The lowest BCUT2D eigenvalue weighted by Gasteiger charge is -2.30. The lowest BCUT2D eigenvalue weighted by molar-refractivity contribution is 0.135. The van der Waals surface area contributed by atoms with E-state index in [1.165, 1.54) is 25.7 Å². The minimum absolute atomic E-state index is 0.267. The van der Waals surface area contributed by atoms with E-state index < -0.39 is 0 Å². The molecule has 0 radical (unpaired) electrons. The average molecular weight is 265 g/mol. The molecule has 2 aliphatic carbocycles. The summed E-state index contributed by atoms with van der Waals surface area (Å²) in [5.74, 6) is 0.506. The molecule has 4 nitrogen and oxygen atoms in total. The van der Waals surface area contributed by atoms with Gasteiger partial charge in [-0.3, -0.25) is 4.90 Å². The lowest BCUT2D eigenvalue weighted by atomic mass is 9.86. The van der Waals surface area contributed by atoms with E-state index in [-0.39, 0.29) is 5.54 Å². The van der Waals surface area contributed by atoms with Crippen LogP contribution in [0.15, 0.2) is 0 Å². The minimum Gasteiger partial charge on any atom is -0.383 e. The van der Waals surface area contributed by atoms with Gasteiger partial charge >= 0.3 is 0 Å². The molecular weight excluding hydrogens is 238 g/mol. The van der Waals surface area contributed by atoms with Crippen LogP contribution in [0.5, 0.6) is 0 Å². The molecule has 2 aliphatic rings. The first-order chi connectivity index (χ1) is 9.25. The SMILES string of the molecule is CNC1(C#N)CCCC1CCN(CCOC)C1CC1. The maximum absolute atomic E-state index is 9.47. The van der Waals surface area contributed by atoms with E-state index in [9.17, 15) is 5.26 Å². The summed E-state index contributed by atoms with van der Waals surface area (Å²) in [5.41, 5.74) is -0.267. The molecule has 2 saturated carbocycles. The van der Waals surface area contributed by atoms with Crippen LogP contribution in [-0.2, 0) is 4.74 Å². The van der Waals surface area contributed by atoms with Crippen molar-refractivity contribution >= 4 is 0 Å². The number of methoxy groups -OCH3 is 1. The summed E-state index contributed by atoms with van der Waals surface area (Å²) < 4.78 is 5.20. The third-order valence-electron chi connectivity index (χ3n) is 4.88. The van der Waals surface area contributed by atoms with Crippen molar-refractivity contribution in [1.29, 1.82) is 5.26 Å². The fraction of sp³-hybridized carbons (Fsp3) is 0.933.